The number of nitrogens with one attached hydrogen (secondary N) is 1. The number of halogens is 2. The van der Waals surface area contributed by atoms with Gasteiger partial charge in [-0.05, 0) is 33.6 Å². The minimum Gasteiger partial charge on any atom is -0.508 e. The first kappa shape index (κ1) is 12.1. The van der Waals surface area contributed by atoms with Crippen molar-refractivity contribution in [2.24, 2.45) is 0 Å². The number of hydrogen-bond acceptors (Lipinski definition) is 4. The number of aromatic hydroxyl groups is 1. The van der Waals surface area contributed by atoms with Crippen LogP contribution in [-0.2, 0) is 6.54 Å². The van der Waals surface area contributed by atoms with Gasteiger partial charge in [0.05, 0.1) is 4.47 Å². The molecule has 4 nitrogen and oxygen atoms in total. The van der Waals surface area contributed by atoms with E-state index in [0.717, 1.165) is 10.0 Å². The van der Waals surface area contributed by atoms with Gasteiger partial charge in [-0.25, -0.2) is 4.98 Å². The Kier molecular flexibility index (Phi) is 3.81. The van der Waals surface area contributed by atoms with Crippen molar-refractivity contribution in [3.63, 3.8) is 0 Å². The van der Waals surface area contributed by atoms with Crippen LogP contribution >= 0.6 is 27.5 Å². The number of hydrogen-bond donors (Lipinski definition) is 2. The molecular weight excluding hydrogens is 305 g/mol. The van der Waals surface area contributed by atoms with Gasteiger partial charge in [0.25, 0.3) is 0 Å². The number of phenols is 1. The monoisotopic (exact) mass is 313 g/mol. The van der Waals surface area contributed by atoms with Gasteiger partial charge in [-0.15, -0.1) is 0 Å². The first-order valence-corrected chi connectivity index (χ1v) is 6.02. The third kappa shape index (κ3) is 3.08. The van der Waals surface area contributed by atoms with Crippen LogP contribution in [0.4, 0.5) is 5.82 Å². The molecule has 88 valence electrons. The van der Waals surface area contributed by atoms with Crippen LogP contribution in [-0.4, -0.2) is 15.1 Å². The normalized spacial score (nSPS) is 10.2. The van der Waals surface area contributed by atoms with Crippen LogP contribution in [0.15, 0.2) is 34.9 Å². The maximum atomic E-state index is 9.60. The molecule has 0 saturated carbocycles. The van der Waals surface area contributed by atoms with E-state index in [0.29, 0.717) is 12.4 Å². The van der Waals surface area contributed by atoms with E-state index in [2.05, 4.69) is 31.2 Å². The lowest BCUT2D eigenvalue weighted by Crippen LogP contribution is -2.03. The third-order valence-corrected chi connectivity index (χ3v) is 2.92. The van der Waals surface area contributed by atoms with Crippen LogP contribution in [0.2, 0.25) is 5.28 Å². The Morgan fingerprint density at radius 2 is 2.12 bits per heavy atom. The van der Waals surface area contributed by atoms with Crippen LogP contribution < -0.4 is 5.32 Å². The Bertz CT molecular complexity index is 536. The molecule has 1 aromatic carbocycles. The largest absolute Gasteiger partial charge is 0.508 e. The van der Waals surface area contributed by atoms with Gasteiger partial charge in [-0.3, -0.25) is 0 Å². The van der Waals surface area contributed by atoms with E-state index in [4.69, 9.17) is 11.6 Å². The highest BCUT2D eigenvalue weighted by Gasteiger charge is 2.05. The Balaban J connectivity index is 2.12. The Labute approximate surface area is 112 Å². The second kappa shape index (κ2) is 5.33. The van der Waals surface area contributed by atoms with E-state index in [1.54, 1.807) is 18.3 Å². The molecule has 1 aromatic heterocycles. The number of anilines is 1. The second-order valence-electron chi connectivity index (χ2n) is 3.32. The van der Waals surface area contributed by atoms with Crippen molar-refractivity contribution in [3.8, 4) is 5.75 Å². The Morgan fingerprint density at radius 1 is 1.35 bits per heavy atom. The number of benzene rings is 1. The van der Waals surface area contributed by atoms with Crippen LogP contribution in [0.1, 0.15) is 5.56 Å². The minimum absolute atomic E-state index is 0.174. The van der Waals surface area contributed by atoms with Crippen molar-refractivity contribution in [1.29, 1.82) is 0 Å². The van der Waals surface area contributed by atoms with E-state index < -0.39 is 0 Å². The molecule has 0 fully saturated rings. The predicted molar refractivity (Wildman–Crippen MR) is 70.2 cm³/mol. The summed E-state index contributed by atoms with van der Waals surface area (Å²) in [4.78, 5) is 7.86. The summed E-state index contributed by atoms with van der Waals surface area (Å²) in [5.74, 6) is 0.838. The van der Waals surface area contributed by atoms with Crippen LogP contribution in [0.25, 0.3) is 0 Å². The molecule has 2 rings (SSSR count). The van der Waals surface area contributed by atoms with E-state index in [9.17, 15) is 5.11 Å². The molecule has 0 saturated heterocycles. The van der Waals surface area contributed by atoms with Crippen molar-refractivity contribution in [2.75, 3.05) is 5.32 Å². The highest BCUT2D eigenvalue weighted by molar-refractivity contribution is 9.10. The fraction of sp³-hybridized carbons (Fsp3) is 0.0909. The molecular formula is C11H9BrClN3O. The van der Waals surface area contributed by atoms with Crippen molar-refractivity contribution in [1.82, 2.24) is 9.97 Å². The summed E-state index contributed by atoms with van der Waals surface area (Å²) in [6, 6.07) is 7.10. The smallest absolute Gasteiger partial charge is 0.224 e. The van der Waals surface area contributed by atoms with Gasteiger partial charge in [-0.1, -0.05) is 18.2 Å². The molecule has 0 spiro atoms. The van der Waals surface area contributed by atoms with Crippen molar-refractivity contribution < 1.29 is 5.11 Å². The molecule has 6 heteroatoms. The lowest BCUT2D eigenvalue weighted by Gasteiger charge is -2.08. The molecule has 0 aliphatic heterocycles. The van der Waals surface area contributed by atoms with Crippen LogP contribution in [0.5, 0.6) is 5.75 Å². The summed E-state index contributed by atoms with van der Waals surface area (Å²) >= 11 is 9.01. The van der Waals surface area contributed by atoms with Gasteiger partial charge in [-0.2, -0.15) is 4.98 Å². The van der Waals surface area contributed by atoms with E-state index in [1.165, 1.54) is 0 Å². The van der Waals surface area contributed by atoms with Crippen molar-refractivity contribution >= 4 is 33.3 Å². The topological polar surface area (TPSA) is 58.0 Å². The maximum absolute atomic E-state index is 9.60. The molecule has 2 aromatic rings. The summed E-state index contributed by atoms with van der Waals surface area (Å²) < 4.78 is 0.720. The van der Waals surface area contributed by atoms with Gasteiger partial charge < -0.3 is 10.4 Å². The molecule has 0 aliphatic carbocycles. The molecule has 0 amide bonds. The number of rotatable bonds is 3. The van der Waals surface area contributed by atoms with Gasteiger partial charge >= 0.3 is 0 Å². The number of nitrogens with zero attached hydrogens (tertiary/aromatic N) is 2. The van der Waals surface area contributed by atoms with E-state index in [1.807, 2.05) is 12.1 Å². The Morgan fingerprint density at radius 3 is 2.88 bits per heavy atom. The zero-order valence-corrected chi connectivity index (χ0v) is 11.0. The fourth-order valence-electron chi connectivity index (χ4n) is 1.31. The second-order valence-corrected chi connectivity index (χ2v) is 4.51. The van der Waals surface area contributed by atoms with Gasteiger partial charge in [0.15, 0.2) is 0 Å². The average Bonchev–Trinajstić information content (AvgIpc) is 2.32. The minimum atomic E-state index is 0.174. The first-order valence-electron chi connectivity index (χ1n) is 4.85. The molecule has 0 unspecified atom stereocenters. The van der Waals surface area contributed by atoms with Gasteiger partial charge in [0, 0.05) is 18.3 Å². The quantitative estimate of drug-likeness (QED) is 0.854. The maximum Gasteiger partial charge on any atom is 0.224 e. The molecule has 0 radical (unpaired) electrons. The number of phenolic OH excluding ortho intramolecular Hbond substituents is 1. The standard InChI is InChI=1S/C11H9BrClN3O/c12-8-6-15-11(13)16-10(8)14-5-7-3-1-2-4-9(7)17/h1-4,6,17H,5H2,(H,14,15,16). The van der Waals surface area contributed by atoms with Crippen LogP contribution in [0, 0.1) is 0 Å². The summed E-state index contributed by atoms with van der Waals surface area (Å²) in [6.07, 6.45) is 1.57. The van der Waals surface area contributed by atoms with Crippen molar-refractivity contribution in [2.45, 2.75) is 6.54 Å². The number of para-hydroxylation sites is 1. The molecule has 17 heavy (non-hydrogen) atoms. The summed E-state index contributed by atoms with van der Waals surface area (Å²) in [6.45, 7) is 0.457. The van der Waals surface area contributed by atoms with Gasteiger partial charge in [0.1, 0.15) is 11.6 Å². The lowest BCUT2D eigenvalue weighted by atomic mass is 10.2. The zero-order valence-electron chi connectivity index (χ0n) is 8.69. The molecule has 1 heterocycles. The predicted octanol–water partition coefficient (Wildman–Crippen LogP) is 3.21. The summed E-state index contributed by atoms with van der Waals surface area (Å²) in [7, 11) is 0. The molecule has 0 aliphatic rings. The number of aromatic nitrogens is 2. The highest BCUT2D eigenvalue weighted by Crippen LogP contribution is 2.22. The molecule has 0 bridgehead atoms. The molecule has 0 atom stereocenters. The van der Waals surface area contributed by atoms with Crippen LogP contribution in [0.3, 0.4) is 0 Å². The lowest BCUT2D eigenvalue weighted by molar-refractivity contribution is 0.469. The first-order chi connectivity index (χ1) is 8.16. The average molecular weight is 315 g/mol. The summed E-state index contributed by atoms with van der Waals surface area (Å²) in [5, 5.41) is 12.8. The summed E-state index contributed by atoms with van der Waals surface area (Å²) in [5.41, 5.74) is 0.786. The van der Waals surface area contributed by atoms with E-state index >= 15 is 0 Å². The molecule has 2 N–H and O–H groups in total. The highest BCUT2D eigenvalue weighted by atomic mass is 79.9. The Hall–Kier alpha value is -1.33. The third-order valence-electron chi connectivity index (χ3n) is 2.15. The van der Waals surface area contributed by atoms with Crippen molar-refractivity contribution in [3.05, 3.63) is 45.8 Å². The zero-order chi connectivity index (χ0) is 12.3. The SMILES string of the molecule is Oc1ccccc1CNc1nc(Cl)ncc1Br. The van der Waals surface area contributed by atoms with E-state index in [-0.39, 0.29) is 11.0 Å². The fourth-order valence-corrected chi connectivity index (χ4v) is 1.77. The van der Waals surface area contributed by atoms with Gasteiger partial charge in [0.2, 0.25) is 5.28 Å².